The summed E-state index contributed by atoms with van der Waals surface area (Å²) in [6, 6.07) is -0.968. The van der Waals surface area contributed by atoms with Crippen LogP contribution in [-0.4, -0.2) is 67.5 Å². The van der Waals surface area contributed by atoms with Crippen LogP contribution in [0.25, 0.3) is 0 Å². The van der Waals surface area contributed by atoms with Crippen molar-refractivity contribution in [3.8, 4) is 0 Å². The first kappa shape index (κ1) is 18.3. The van der Waals surface area contributed by atoms with Crippen LogP contribution in [0.15, 0.2) is 0 Å². The maximum Gasteiger partial charge on any atom is 0.410 e. The SMILES string of the molecule is CC(C)(C)OC(=O)N1C[C@H](N2CCCNS2(=O)=O)CC(F)(F)C1. The molecular formula is C13H23F2N3O4S. The van der Waals surface area contributed by atoms with Crippen LogP contribution in [0.4, 0.5) is 13.6 Å². The third kappa shape index (κ3) is 4.74. The molecule has 0 radical (unpaired) electrons. The molecule has 0 unspecified atom stereocenters. The van der Waals surface area contributed by atoms with E-state index in [1.54, 1.807) is 20.8 Å². The summed E-state index contributed by atoms with van der Waals surface area (Å²) in [5.74, 6) is -3.16. The number of hydrogen-bond acceptors (Lipinski definition) is 4. The van der Waals surface area contributed by atoms with Gasteiger partial charge in [-0.1, -0.05) is 0 Å². The molecule has 0 spiro atoms. The lowest BCUT2D eigenvalue weighted by Gasteiger charge is -2.42. The lowest BCUT2D eigenvalue weighted by Crippen LogP contribution is -2.61. The minimum Gasteiger partial charge on any atom is -0.444 e. The molecule has 0 aromatic carbocycles. The van der Waals surface area contributed by atoms with Crippen molar-refractivity contribution >= 4 is 16.3 Å². The van der Waals surface area contributed by atoms with Gasteiger partial charge in [0.15, 0.2) is 0 Å². The first-order chi connectivity index (χ1) is 10.4. The third-order valence-electron chi connectivity index (χ3n) is 3.60. The Hall–Kier alpha value is -1.00. The highest BCUT2D eigenvalue weighted by Crippen LogP contribution is 2.31. The Morgan fingerprint density at radius 3 is 2.57 bits per heavy atom. The van der Waals surface area contributed by atoms with E-state index < -0.39 is 46.8 Å². The molecule has 2 saturated heterocycles. The van der Waals surface area contributed by atoms with Crippen molar-refractivity contribution in [1.82, 2.24) is 13.9 Å². The van der Waals surface area contributed by atoms with Crippen LogP contribution in [0.3, 0.4) is 0 Å². The number of amides is 1. The quantitative estimate of drug-likeness (QED) is 0.766. The third-order valence-corrected chi connectivity index (χ3v) is 5.26. The standard InChI is InChI=1S/C13H23F2N3O4S/c1-12(2,3)22-11(19)17-8-10(7-13(14,15)9-17)18-6-4-5-16-23(18,20)21/h10,16H,4-9H2,1-3H3/t10-/m1/s1. The number of rotatable bonds is 1. The van der Waals surface area contributed by atoms with Crippen molar-refractivity contribution in [3.63, 3.8) is 0 Å². The fourth-order valence-corrected chi connectivity index (χ4v) is 4.22. The van der Waals surface area contributed by atoms with Gasteiger partial charge in [-0.25, -0.2) is 18.3 Å². The number of carbonyl (C=O) groups is 1. The van der Waals surface area contributed by atoms with Gasteiger partial charge in [0.25, 0.3) is 16.1 Å². The molecule has 2 heterocycles. The molecule has 0 saturated carbocycles. The zero-order chi connectivity index (χ0) is 17.5. The maximum atomic E-state index is 14.0. The normalized spacial score (nSPS) is 28.4. The van der Waals surface area contributed by atoms with E-state index in [0.717, 1.165) is 9.21 Å². The minimum atomic E-state index is -3.79. The number of carbonyl (C=O) groups excluding carboxylic acids is 1. The van der Waals surface area contributed by atoms with E-state index in [2.05, 4.69) is 4.72 Å². The largest absolute Gasteiger partial charge is 0.444 e. The predicted octanol–water partition coefficient (Wildman–Crippen LogP) is 1.17. The summed E-state index contributed by atoms with van der Waals surface area (Å²) in [5, 5.41) is 0. The van der Waals surface area contributed by atoms with E-state index in [-0.39, 0.29) is 19.6 Å². The second-order valence-electron chi connectivity index (χ2n) is 6.94. The smallest absolute Gasteiger partial charge is 0.410 e. The Morgan fingerprint density at radius 1 is 1.35 bits per heavy atom. The van der Waals surface area contributed by atoms with E-state index in [0.29, 0.717) is 6.42 Å². The summed E-state index contributed by atoms with van der Waals surface area (Å²) < 4.78 is 60.6. The zero-order valence-electron chi connectivity index (χ0n) is 13.5. The molecule has 0 aromatic heterocycles. The van der Waals surface area contributed by atoms with Crippen molar-refractivity contribution < 1.29 is 26.7 Å². The molecular weight excluding hydrogens is 332 g/mol. The molecule has 2 aliphatic heterocycles. The Morgan fingerprint density at radius 2 is 2.00 bits per heavy atom. The number of nitrogens with zero attached hydrogens (tertiary/aromatic N) is 2. The van der Waals surface area contributed by atoms with E-state index in [1.807, 2.05) is 0 Å². The topological polar surface area (TPSA) is 79.0 Å². The molecule has 2 rings (SSSR count). The highest BCUT2D eigenvalue weighted by atomic mass is 32.2. The Labute approximate surface area is 135 Å². The highest BCUT2D eigenvalue weighted by molar-refractivity contribution is 7.87. The second kappa shape index (κ2) is 6.14. The number of likely N-dealkylation sites (tertiary alicyclic amines) is 1. The van der Waals surface area contributed by atoms with Gasteiger partial charge in [-0.2, -0.15) is 12.7 Å². The van der Waals surface area contributed by atoms with Crippen LogP contribution in [0.2, 0.25) is 0 Å². The van der Waals surface area contributed by atoms with E-state index in [9.17, 15) is 22.0 Å². The summed E-state index contributed by atoms with van der Waals surface area (Å²) >= 11 is 0. The Kier molecular flexibility index (Phi) is 4.89. The van der Waals surface area contributed by atoms with Gasteiger partial charge < -0.3 is 9.64 Å². The number of ether oxygens (including phenoxy) is 1. The maximum absolute atomic E-state index is 14.0. The van der Waals surface area contributed by atoms with Gasteiger partial charge in [-0.05, 0) is 27.2 Å². The summed E-state index contributed by atoms with van der Waals surface area (Å²) in [7, 11) is -3.79. The van der Waals surface area contributed by atoms with Crippen molar-refractivity contribution in [2.24, 2.45) is 0 Å². The van der Waals surface area contributed by atoms with E-state index in [4.69, 9.17) is 4.74 Å². The molecule has 7 nitrogen and oxygen atoms in total. The van der Waals surface area contributed by atoms with Gasteiger partial charge >= 0.3 is 6.09 Å². The van der Waals surface area contributed by atoms with Crippen molar-refractivity contribution in [1.29, 1.82) is 0 Å². The molecule has 134 valence electrons. The molecule has 1 N–H and O–H groups in total. The summed E-state index contributed by atoms with van der Waals surface area (Å²) in [6.45, 7) is 4.51. The first-order valence-electron chi connectivity index (χ1n) is 7.52. The lowest BCUT2D eigenvalue weighted by molar-refractivity contribution is -0.0871. The molecule has 1 atom stereocenters. The fraction of sp³-hybridized carbons (Fsp3) is 0.923. The molecule has 2 fully saturated rings. The van der Waals surface area contributed by atoms with Crippen LogP contribution < -0.4 is 4.72 Å². The monoisotopic (exact) mass is 355 g/mol. The van der Waals surface area contributed by atoms with Gasteiger partial charge in [-0.15, -0.1) is 0 Å². The van der Waals surface area contributed by atoms with Crippen molar-refractivity contribution in [2.45, 2.75) is 51.2 Å². The first-order valence-corrected chi connectivity index (χ1v) is 8.96. The van der Waals surface area contributed by atoms with Gasteiger partial charge in [0.2, 0.25) is 0 Å². The van der Waals surface area contributed by atoms with Crippen LogP contribution in [0.5, 0.6) is 0 Å². The molecule has 0 aliphatic carbocycles. The predicted molar refractivity (Wildman–Crippen MR) is 79.4 cm³/mol. The van der Waals surface area contributed by atoms with E-state index >= 15 is 0 Å². The molecule has 10 heteroatoms. The number of hydrogen-bond donors (Lipinski definition) is 1. The average molecular weight is 355 g/mol. The Balaban J connectivity index is 2.17. The van der Waals surface area contributed by atoms with Crippen molar-refractivity contribution in [3.05, 3.63) is 0 Å². The van der Waals surface area contributed by atoms with Gasteiger partial charge in [0, 0.05) is 32.1 Å². The van der Waals surface area contributed by atoms with E-state index in [1.165, 1.54) is 0 Å². The Bertz CT molecular complexity index is 562. The molecule has 0 aromatic rings. The van der Waals surface area contributed by atoms with Gasteiger partial charge in [-0.3, -0.25) is 0 Å². The van der Waals surface area contributed by atoms with Gasteiger partial charge in [0.1, 0.15) is 5.60 Å². The molecule has 0 bridgehead atoms. The summed E-state index contributed by atoms with van der Waals surface area (Å²) in [5.41, 5.74) is -0.807. The average Bonchev–Trinajstić information content (AvgIpc) is 2.34. The second-order valence-corrected chi connectivity index (χ2v) is 8.65. The van der Waals surface area contributed by atoms with Crippen molar-refractivity contribution in [2.75, 3.05) is 26.2 Å². The molecule has 1 amide bonds. The highest BCUT2D eigenvalue weighted by Gasteiger charge is 2.47. The number of halogens is 2. The summed E-state index contributed by atoms with van der Waals surface area (Å²) in [6.07, 6.45) is -0.926. The van der Waals surface area contributed by atoms with Crippen LogP contribution in [-0.2, 0) is 14.9 Å². The minimum absolute atomic E-state index is 0.106. The number of piperidine rings is 1. The van der Waals surface area contributed by atoms with Crippen LogP contribution in [0, 0.1) is 0 Å². The zero-order valence-corrected chi connectivity index (χ0v) is 14.3. The van der Waals surface area contributed by atoms with Gasteiger partial charge in [0.05, 0.1) is 6.54 Å². The fourth-order valence-electron chi connectivity index (χ4n) is 2.75. The number of alkyl halides is 2. The van der Waals surface area contributed by atoms with Crippen LogP contribution >= 0.6 is 0 Å². The lowest BCUT2D eigenvalue weighted by atomic mass is 10.0. The molecule has 2 aliphatic rings. The number of nitrogens with one attached hydrogen (secondary N) is 1. The van der Waals surface area contributed by atoms with Crippen LogP contribution in [0.1, 0.15) is 33.6 Å². The molecule has 23 heavy (non-hydrogen) atoms. The summed E-state index contributed by atoms with van der Waals surface area (Å²) in [4.78, 5) is 13.0.